The molecule has 0 aliphatic carbocycles. The zero-order valence-corrected chi connectivity index (χ0v) is 27.4. The van der Waals surface area contributed by atoms with Crippen molar-refractivity contribution in [3.63, 3.8) is 0 Å². The van der Waals surface area contributed by atoms with E-state index in [0.717, 1.165) is 61.0 Å². The van der Waals surface area contributed by atoms with Crippen LogP contribution in [0.15, 0.2) is 174 Å². The Balaban J connectivity index is 1.24. The lowest BCUT2D eigenvalue weighted by atomic mass is 9.97. The first-order valence-corrected chi connectivity index (χ1v) is 17.2. The van der Waals surface area contributed by atoms with Gasteiger partial charge in [0.1, 0.15) is 5.52 Å². The Morgan fingerprint density at radius 1 is 0.451 bits per heavy atom. The van der Waals surface area contributed by atoms with Crippen molar-refractivity contribution in [1.29, 1.82) is 0 Å². The molecule has 238 valence electrons. The highest BCUT2D eigenvalue weighted by molar-refractivity contribution is 6.16. The van der Waals surface area contributed by atoms with Crippen LogP contribution in [0.2, 0.25) is 0 Å². The average Bonchev–Trinajstić information content (AvgIpc) is 3.89. The van der Waals surface area contributed by atoms with Crippen LogP contribution in [0.4, 0.5) is 0 Å². The van der Waals surface area contributed by atoms with Crippen molar-refractivity contribution >= 4 is 65.6 Å². The van der Waals surface area contributed by atoms with Gasteiger partial charge in [0.05, 0.1) is 27.6 Å². The van der Waals surface area contributed by atoms with E-state index < -0.39 is 0 Å². The molecule has 0 aliphatic heterocycles. The summed E-state index contributed by atoms with van der Waals surface area (Å²) in [6, 6.07) is 58.0. The number of nitrogens with zero attached hydrogens (tertiary/aromatic N) is 4. The van der Waals surface area contributed by atoms with Crippen LogP contribution in [0.3, 0.4) is 0 Å². The van der Waals surface area contributed by atoms with Crippen LogP contribution in [0.5, 0.6) is 0 Å². The number of benzene rings is 7. The highest BCUT2D eigenvalue weighted by atomic mass is 16.3. The first kappa shape index (κ1) is 27.9. The monoisotopic (exact) mass is 652 g/mol. The third kappa shape index (κ3) is 4.15. The topological polar surface area (TPSA) is 48.8 Å². The quantitative estimate of drug-likeness (QED) is 0.190. The van der Waals surface area contributed by atoms with E-state index in [2.05, 4.69) is 160 Å². The van der Waals surface area contributed by atoms with Gasteiger partial charge in [-0.15, -0.1) is 0 Å². The summed E-state index contributed by atoms with van der Waals surface area (Å²) in [7, 11) is 0. The fourth-order valence-electron chi connectivity index (χ4n) is 7.99. The van der Waals surface area contributed by atoms with Gasteiger partial charge in [-0.3, -0.25) is 4.98 Å². The fourth-order valence-corrected chi connectivity index (χ4v) is 7.99. The first-order valence-electron chi connectivity index (χ1n) is 17.2. The van der Waals surface area contributed by atoms with E-state index in [9.17, 15) is 0 Å². The Morgan fingerprint density at radius 2 is 1.10 bits per heavy atom. The highest BCUT2D eigenvalue weighted by Gasteiger charge is 2.20. The summed E-state index contributed by atoms with van der Waals surface area (Å²) in [5.41, 5.74) is 12.2. The number of hydrogen-bond donors (Lipinski definition) is 0. The lowest BCUT2D eigenvalue weighted by Crippen LogP contribution is -1.96. The number of rotatable bonds is 4. The van der Waals surface area contributed by atoms with Gasteiger partial charge in [-0.2, -0.15) is 0 Å². The van der Waals surface area contributed by atoms with E-state index in [4.69, 9.17) is 9.40 Å². The molecule has 5 heteroatoms. The number of aromatic nitrogens is 4. The van der Waals surface area contributed by atoms with Crippen molar-refractivity contribution in [1.82, 2.24) is 19.1 Å². The average molecular weight is 653 g/mol. The molecule has 5 nitrogen and oxygen atoms in total. The molecule has 7 aromatic carbocycles. The number of hydrogen-bond acceptors (Lipinski definition) is 3. The van der Waals surface area contributed by atoms with Crippen molar-refractivity contribution in [3.05, 3.63) is 170 Å². The maximum atomic E-state index is 6.56. The summed E-state index contributed by atoms with van der Waals surface area (Å²) in [5, 5.41) is 5.87. The summed E-state index contributed by atoms with van der Waals surface area (Å²) >= 11 is 0. The molecule has 0 fully saturated rings. The van der Waals surface area contributed by atoms with Gasteiger partial charge < -0.3 is 13.6 Å². The summed E-state index contributed by atoms with van der Waals surface area (Å²) in [6.07, 6.45) is 1.81. The molecule has 0 aliphatic rings. The van der Waals surface area contributed by atoms with E-state index in [-0.39, 0.29) is 0 Å². The van der Waals surface area contributed by atoms with Crippen LogP contribution in [0.1, 0.15) is 0 Å². The van der Waals surface area contributed by atoms with Gasteiger partial charge in [0, 0.05) is 50.1 Å². The van der Waals surface area contributed by atoms with Gasteiger partial charge in [-0.1, -0.05) is 91.0 Å². The summed E-state index contributed by atoms with van der Waals surface area (Å²) < 4.78 is 11.3. The maximum Gasteiger partial charge on any atom is 0.227 e. The molecule has 0 atom stereocenters. The lowest BCUT2D eigenvalue weighted by Gasteiger charge is -2.14. The van der Waals surface area contributed by atoms with E-state index in [1.54, 1.807) is 0 Å². The predicted octanol–water partition coefficient (Wildman–Crippen LogP) is 11.9. The van der Waals surface area contributed by atoms with E-state index in [1.165, 1.54) is 27.1 Å². The Hall–Kier alpha value is -6.98. The predicted molar refractivity (Wildman–Crippen MR) is 209 cm³/mol. The van der Waals surface area contributed by atoms with Gasteiger partial charge in [0.15, 0.2) is 5.58 Å². The van der Waals surface area contributed by atoms with Gasteiger partial charge in [-0.05, 0) is 83.9 Å². The van der Waals surface area contributed by atoms with Crippen LogP contribution in [-0.2, 0) is 0 Å². The summed E-state index contributed by atoms with van der Waals surface area (Å²) in [6.45, 7) is 0. The van der Waals surface area contributed by atoms with Crippen molar-refractivity contribution < 1.29 is 4.42 Å². The minimum atomic E-state index is 0.561. The van der Waals surface area contributed by atoms with E-state index in [1.807, 2.05) is 24.4 Å². The normalized spacial score (nSPS) is 11.9. The van der Waals surface area contributed by atoms with Crippen molar-refractivity contribution in [2.75, 3.05) is 0 Å². The molecule has 0 amide bonds. The third-order valence-electron chi connectivity index (χ3n) is 10.2. The Morgan fingerprint density at radius 3 is 1.88 bits per heavy atom. The molecule has 11 rings (SSSR count). The molecule has 4 aromatic heterocycles. The molecule has 0 unspecified atom stereocenters. The van der Waals surface area contributed by atoms with Crippen LogP contribution in [0, 0.1) is 0 Å². The van der Waals surface area contributed by atoms with Crippen molar-refractivity contribution in [3.8, 4) is 34.0 Å². The largest absolute Gasteiger partial charge is 0.436 e. The van der Waals surface area contributed by atoms with Crippen LogP contribution < -0.4 is 0 Å². The van der Waals surface area contributed by atoms with Crippen molar-refractivity contribution in [2.24, 2.45) is 0 Å². The van der Waals surface area contributed by atoms with E-state index >= 15 is 0 Å². The molecular formula is C46H28N4O. The summed E-state index contributed by atoms with van der Waals surface area (Å²) in [4.78, 5) is 9.78. The van der Waals surface area contributed by atoms with Gasteiger partial charge in [0.2, 0.25) is 5.89 Å². The first-order chi connectivity index (χ1) is 25.3. The van der Waals surface area contributed by atoms with Crippen molar-refractivity contribution in [2.45, 2.75) is 0 Å². The second kappa shape index (κ2) is 10.8. The van der Waals surface area contributed by atoms with Crippen LogP contribution >= 0.6 is 0 Å². The molecule has 0 spiro atoms. The molecule has 0 radical (unpaired) electrons. The number of oxazole rings is 1. The fraction of sp³-hybridized carbons (Fsp3) is 0. The molecule has 0 saturated heterocycles. The SMILES string of the molecule is c1ccc(-n2c3ccccc3c3c(-c4cc(-c5nc6c(ccc7cccnc76)o5)cc(-n5c6ccccc6c6ccccc65)c4)cccc32)cc1. The number of fused-ring (bicyclic) bond motifs is 9. The highest BCUT2D eigenvalue weighted by Crippen LogP contribution is 2.42. The zero-order chi connectivity index (χ0) is 33.5. The lowest BCUT2D eigenvalue weighted by molar-refractivity contribution is 0.620. The minimum Gasteiger partial charge on any atom is -0.436 e. The summed E-state index contributed by atoms with van der Waals surface area (Å²) in [5.74, 6) is 0.561. The minimum absolute atomic E-state index is 0.561. The third-order valence-corrected chi connectivity index (χ3v) is 10.2. The maximum absolute atomic E-state index is 6.56. The molecule has 51 heavy (non-hydrogen) atoms. The molecule has 4 heterocycles. The molecular weight excluding hydrogens is 625 g/mol. The molecule has 0 bridgehead atoms. The van der Waals surface area contributed by atoms with Gasteiger partial charge >= 0.3 is 0 Å². The van der Waals surface area contributed by atoms with E-state index in [0.29, 0.717) is 11.5 Å². The van der Waals surface area contributed by atoms with Gasteiger partial charge in [-0.25, -0.2) is 4.98 Å². The standard InChI is InChI=1S/C46H28N4O/c1-2-13-32(14-3-1)49-40-21-9-6-17-37(40)43-34(18-10-22-41(43)49)30-26-31(46-48-45-42(51-46)24-23-29-12-11-25-47-44(29)45)28-33(27-30)50-38-19-7-4-15-35(38)36-16-5-8-20-39(36)50/h1-28H. The molecule has 11 aromatic rings. The second-order valence-corrected chi connectivity index (χ2v) is 13.0. The Labute approximate surface area is 292 Å². The molecule has 0 saturated carbocycles. The van der Waals surface area contributed by atoms with Crippen LogP contribution in [-0.4, -0.2) is 19.1 Å². The smallest absolute Gasteiger partial charge is 0.227 e. The number of para-hydroxylation sites is 4. The molecule has 0 N–H and O–H groups in total. The number of pyridine rings is 1. The second-order valence-electron chi connectivity index (χ2n) is 13.0. The van der Waals surface area contributed by atoms with Crippen LogP contribution in [0.25, 0.3) is 99.6 Å². The Kier molecular flexibility index (Phi) is 5.89. The zero-order valence-electron chi connectivity index (χ0n) is 27.4. The Bertz CT molecular complexity index is 3090. The van der Waals surface area contributed by atoms with Gasteiger partial charge in [0.25, 0.3) is 0 Å².